The molecule has 2 heterocycles. The van der Waals surface area contributed by atoms with E-state index in [0.29, 0.717) is 0 Å². The first-order valence-electron chi connectivity index (χ1n) is 17.3. The van der Waals surface area contributed by atoms with Crippen LogP contribution in [0.5, 0.6) is 0 Å². The number of rotatable bonds is 3. The van der Waals surface area contributed by atoms with E-state index < -0.39 is 0 Å². The van der Waals surface area contributed by atoms with Crippen LogP contribution in [0, 0.1) is 0 Å². The second kappa shape index (κ2) is 12.5. The van der Waals surface area contributed by atoms with Gasteiger partial charge in [-0.1, -0.05) is 157 Å². The lowest BCUT2D eigenvalue weighted by molar-refractivity contribution is 1.18. The second-order valence-corrected chi connectivity index (χ2v) is 15.0. The molecule has 9 aromatic rings. The summed E-state index contributed by atoms with van der Waals surface area (Å²) in [6, 6.07) is 68.8. The maximum absolute atomic E-state index is 2.41. The van der Waals surface area contributed by atoms with Gasteiger partial charge in [0.05, 0.1) is 11.0 Å². The monoisotopic (exact) mass is 685 g/mol. The van der Waals surface area contributed by atoms with Crippen molar-refractivity contribution in [3.05, 3.63) is 188 Å². The Morgan fingerprint density at radius 1 is 0.314 bits per heavy atom. The van der Waals surface area contributed by atoms with Crippen LogP contribution >= 0.6 is 23.5 Å². The molecule has 0 fully saturated rings. The van der Waals surface area contributed by atoms with Gasteiger partial charge in [-0.15, -0.1) is 0 Å². The van der Waals surface area contributed by atoms with Gasteiger partial charge in [0, 0.05) is 36.0 Å². The zero-order chi connectivity index (χ0) is 33.7. The number of hydrogen-bond acceptors (Lipinski definition) is 2. The van der Waals surface area contributed by atoms with E-state index in [4.69, 9.17) is 0 Å². The highest BCUT2D eigenvalue weighted by Crippen LogP contribution is 2.51. The molecule has 0 amide bonds. The highest BCUT2D eigenvalue weighted by molar-refractivity contribution is 8.00. The maximum Gasteiger partial charge on any atom is 0.0541 e. The van der Waals surface area contributed by atoms with Gasteiger partial charge in [0.15, 0.2) is 0 Å². The number of hydrogen-bond donors (Lipinski definition) is 0. The first-order chi connectivity index (χ1) is 25.3. The quantitative estimate of drug-likeness (QED) is 0.182. The van der Waals surface area contributed by atoms with Gasteiger partial charge in [-0.2, -0.15) is 0 Å². The zero-order valence-electron chi connectivity index (χ0n) is 27.7. The summed E-state index contributed by atoms with van der Waals surface area (Å²) in [5, 5.41) is 2.52. The van der Waals surface area contributed by atoms with Crippen LogP contribution in [0.25, 0.3) is 72.0 Å². The SMILES string of the molecule is c1ccc(-c2cccc3c2Sc2ccc(-c4ccc5c(c4)c4ccccc4n5-c4ccccc4)cc2-c2ccccc2Sc2ccccc2-3)cc1. The maximum atomic E-state index is 2.41. The molecule has 240 valence electrons. The van der Waals surface area contributed by atoms with Gasteiger partial charge in [0.25, 0.3) is 0 Å². The van der Waals surface area contributed by atoms with Gasteiger partial charge >= 0.3 is 0 Å². The first kappa shape index (κ1) is 30.1. The summed E-state index contributed by atoms with van der Waals surface area (Å²) in [5.74, 6) is 0. The van der Waals surface area contributed by atoms with E-state index in [1.54, 1.807) is 0 Å². The minimum atomic E-state index is 1.17. The van der Waals surface area contributed by atoms with Gasteiger partial charge < -0.3 is 4.57 Å². The molecule has 0 bridgehead atoms. The molecule has 3 heteroatoms. The predicted molar refractivity (Wildman–Crippen MR) is 217 cm³/mol. The van der Waals surface area contributed by atoms with Crippen LogP contribution in [-0.2, 0) is 0 Å². The Morgan fingerprint density at radius 3 is 1.69 bits per heavy atom. The summed E-state index contributed by atoms with van der Waals surface area (Å²) >= 11 is 3.75. The number of para-hydroxylation sites is 2. The van der Waals surface area contributed by atoms with Crippen LogP contribution in [0.3, 0.4) is 0 Å². The van der Waals surface area contributed by atoms with Crippen LogP contribution in [0.2, 0.25) is 0 Å². The van der Waals surface area contributed by atoms with Crippen LogP contribution < -0.4 is 0 Å². The van der Waals surface area contributed by atoms with Crippen molar-refractivity contribution in [1.82, 2.24) is 4.57 Å². The average Bonchev–Trinajstić information content (AvgIpc) is 3.53. The molecule has 0 atom stereocenters. The second-order valence-electron chi connectivity index (χ2n) is 12.9. The molecule has 1 aliphatic rings. The fourth-order valence-electron chi connectivity index (χ4n) is 7.51. The molecule has 0 saturated carbocycles. The van der Waals surface area contributed by atoms with Gasteiger partial charge in [-0.05, 0) is 99.1 Å². The Morgan fingerprint density at radius 2 is 0.882 bits per heavy atom. The van der Waals surface area contributed by atoms with Gasteiger partial charge in [0.2, 0.25) is 0 Å². The molecule has 0 radical (unpaired) electrons. The average molecular weight is 686 g/mol. The molecular formula is C48H31NS2. The smallest absolute Gasteiger partial charge is 0.0541 e. The Labute approximate surface area is 306 Å². The lowest BCUT2D eigenvalue weighted by Gasteiger charge is -2.22. The third kappa shape index (κ3) is 5.20. The molecule has 0 N–H and O–H groups in total. The minimum Gasteiger partial charge on any atom is -0.309 e. The highest BCUT2D eigenvalue weighted by Gasteiger charge is 2.22. The van der Waals surface area contributed by atoms with Crippen molar-refractivity contribution in [2.75, 3.05) is 0 Å². The molecule has 10 rings (SSSR count). The molecule has 1 aromatic heterocycles. The topological polar surface area (TPSA) is 4.93 Å². The van der Waals surface area contributed by atoms with E-state index in [0.717, 1.165) is 0 Å². The summed E-state index contributed by atoms with van der Waals surface area (Å²) in [6.07, 6.45) is 0. The van der Waals surface area contributed by atoms with E-state index in [2.05, 4.69) is 193 Å². The summed E-state index contributed by atoms with van der Waals surface area (Å²) in [6.45, 7) is 0. The molecule has 0 saturated heterocycles. The molecule has 1 nitrogen and oxygen atoms in total. The fraction of sp³-hybridized carbons (Fsp3) is 0. The molecular weight excluding hydrogens is 655 g/mol. The largest absolute Gasteiger partial charge is 0.309 e. The standard InChI is InChI=1S/C48H31NS2/c1-3-14-32(15-4-1)36-21-13-22-40-38-19-8-11-24-45(38)50-46-25-12-9-20-39(46)42-31-34(27-29-47(42)51-48(36)40)33-26-28-44-41(30-33)37-18-7-10-23-43(37)49(44)35-16-5-2-6-17-35/h1-31H. The van der Waals surface area contributed by atoms with Crippen molar-refractivity contribution in [3.63, 3.8) is 0 Å². The van der Waals surface area contributed by atoms with Gasteiger partial charge in [-0.25, -0.2) is 0 Å². The van der Waals surface area contributed by atoms with E-state index in [1.165, 1.54) is 91.6 Å². The molecule has 51 heavy (non-hydrogen) atoms. The van der Waals surface area contributed by atoms with Crippen molar-refractivity contribution in [2.45, 2.75) is 19.6 Å². The molecule has 1 aliphatic heterocycles. The van der Waals surface area contributed by atoms with Crippen molar-refractivity contribution in [3.8, 4) is 50.2 Å². The molecule has 0 spiro atoms. The van der Waals surface area contributed by atoms with E-state index in [9.17, 15) is 0 Å². The van der Waals surface area contributed by atoms with Gasteiger partial charge in [0.1, 0.15) is 0 Å². The fourth-order valence-corrected chi connectivity index (χ4v) is 9.83. The van der Waals surface area contributed by atoms with Gasteiger partial charge in [-0.3, -0.25) is 0 Å². The zero-order valence-corrected chi connectivity index (χ0v) is 29.3. The lowest BCUT2D eigenvalue weighted by Crippen LogP contribution is -1.95. The molecule has 0 aliphatic carbocycles. The Kier molecular flexibility index (Phi) is 7.41. The van der Waals surface area contributed by atoms with Crippen molar-refractivity contribution in [2.24, 2.45) is 0 Å². The Balaban J connectivity index is 1.19. The van der Waals surface area contributed by atoms with Crippen molar-refractivity contribution >= 4 is 45.3 Å². The summed E-state index contributed by atoms with van der Waals surface area (Å²) < 4.78 is 2.38. The number of nitrogens with zero attached hydrogens (tertiary/aromatic N) is 1. The van der Waals surface area contributed by atoms with Crippen molar-refractivity contribution < 1.29 is 0 Å². The Bertz CT molecular complexity index is 2740. The summed E-state index contributed by atoms with van der Waals surface area (Å²) in [5.41, 5.74) is 13.5. The first-order valence-corrected chi connectivity index (χ1v) is 18.9. The highest BCUT2D eigenvalue weighted by atomic mass is 32.2. The molecule has 8 aromatic carbocycles. The lowest BCUT2D eigenvalue weighted by atomic mass is 9.97. The van der Waals surface area contributed by atoms with Crippen LogP contribution in [-0.4, -0.2) is 4.57 Å². The van der Waals surface area contributed by atoms with Crippen LogP contribution in [0.15, 0.2) is 208 Å². The minimum absolute atomic E-state index is 1.17. The Hall–Kier alpha value is -5.74. The van der Waals surface area contributed by atoms with E-state index >= 15 is 0 Å². The third-order valence-corrected chi connectivity index (χ3v) is 12.3. The van der Waals surface area contributed by atoms with E-state index in [1.807, 2.05) is 23.5 Å². The summed E-state index contributed by atoms with van der Waals surface area (Å²) in [7, 11) is 0. The number of aromatic nitrogens is 1. The summed E-state index contributed by atoms with van der Waals surface area (Å²) in [4.78, 5) is 5.04. The van der Waals surface area contributed by atoms with Crippen molar-refractivity contribution in [1.29, 1.82) is 0 Å². The number of fused-ring (bicyclic) bond motifs is 9. The molecule has 0 unspecified atom stereocenters. The van der Waals surface area contributed by atoms with E-state index in [-0.39, 0.29) is 0 Å². The third-order valence-electron chi connectivity index (χ3n) is 9.89. The van der Waals surface area contributed by atoms with Crippen LogP contribution in [0.1, 0.15) is 0 Å². The predicted octanol–water partition coefficient (Wildman–Crippen LogP) is 14.1. The van der Waals surface area contributed by atoms with Crippen LogP contribution in [0.4, 0.5) is 0 Å². The number of benzene rings is 8. The normalized spacial score (nSPS) is 12.2.